The zero-order valence-electron chi connectivity index (χ0n) is 11.6. The topological polar surface area (TPSA) is 97.1 Å². The number of aryl methyl sites for hydroxylation is 1. The fourth-order valence-corrected chi connectivity index (χ4v) is 2.18. The van der Waals surface area contributed by atoms with Crippen LogP contribution in [0.5, 0.6) is 0 Å². The smallest absolute Gasteiger partial charge is 0.270 e. The SMILES string of the molecule is Cc1ccc(C(=O)NCCNC(=O)c2csc(N)n2)cc1. The first-order chi connectivity index (χ1) is 10.1. The van der Waals surface area contributed by atoms with E-state index < -0.39 is 0 Å². The van der Waals surface area contributed by atoms with Crippen LogP contribution < -0.4 is 16.4 Å². The highest BCUT2D eigenvalue weighted by atomic mass is 32.1. The first kappa shape index (κ1) is 15.0. The molecule has 0 radical (unpaired) electrons. The van der Waals surface area contributed by atoms with E-state index in [1.165, 1.54) is 11.3 Å². The molecule has 0 unspecified atom stereocenters. The van der Waals surface area contributed by atoms with E-state index in [0.717, 1.165) is 5.56 Å². The molecule has 2 aromatic rings. The van der Waals surface area contributed by atoms with Gasteiger partial charge in [-0.05, 0) is 19.1 Å². The van der Waals surface area contributed by atoms with Gasteiger partial charge in [-0.3, -0.25) is 9.59 Å². The molecule has 1 heterocycles. The standard InChI is InChI=1S/C14H16N4O2S/c1-9-2-4-10(5-3-9)12(19)16-6-7-17-13(20)11-8-21-14(15)18-11/h2-5,8H,6-7H2,1H3,(H2,15,18)(H,16,19)(H,17,20). The summed E-state index contributed by atoms with van der Waals surface area (Å²) >= 11 is 1.21. The highest BCUT2D eigenvalue weighted by molar-refractivity contribution is 7.13. The molecular weight excluding hydrogens is 288 g/mol. The number of nitrogens with one attached hydrogen (secondary N) is 2. The molecule has 0 aliphatic heterocycles. The number of carbonyl (C=O) groups excluding carboxylic acids is 2. The Hall–Kier alpha value is -2.41. The van der Waals surface area contributed by atoms with Crippen molar-refractivity contribution in [2.75, 3.05) is 18.8 Å². The highest BCUT2D eigenvalue weighted by Crippen LogP contribution is 2.10. The number of benzene rings is 1. The van der Waals surface area contributed by atoms with E-state index in [2.05, 4.69) is 15.6 Å². The van der Waals surface area contributed by atoms with Crippen LogP contribution in [0.2, 0.25) is 0 Å². The van der Waals surface area contributed by atoms with Crippen LogP contribution in [-0.2, 0) is 0 Å². The van der Waals surface area contributed by atoms with Gasteiger partial charge >= 0.3 is 0 Å². The zero-order chi connectivity index (χ0) is 15.2. The molecule has 0 spiro atoms. The summed E-state index contributed by atoms with van der Waals surface area (Å²) in [5, 5.41) is 7.34. The fourth-order valence-electron chi connectivity index (χ4n) is 1.64. The lowest BCUT2D eigenvalue weighted by Gasteiger charge is -2.06. The van der Waals surface area contributed by atoms with Gasteiger partial charge < -0.3 is 16.4 Å². The van der Waals surface area contributed by atoms with Gasteiger partial charge in [-0.1, -0.05) is 17.7 Å². The van der Waals surface area contributed by atoms with Crippen molar-refractivity contribution in [3.8, 4) is 0 Å². The van der Waals surface area contributed by atoms with Crippen molar-refractivity contribution in [2.24, 2.45) is 0 Å². The number of rotatable bonds is 5. The average molecular weight is 304 g/mol. The van der Waals surface area contributed by atoms with E-state index in [4.69, 9.17) is 5.73 Å². The third-order valence-electron chi connectivity index (χ3n) is 2.76. The molecule has 0 atom stereocenters. The van der Waals surface area contributed by atoms with Crippen molar-refractivity contribution >= 4 is 28.3 Å². The fraction of sp³-hybridized carbons (Fsp3) is 0.214. The van der Waals surface area contributed by atoms with Crippen molar-refractivity contribution in [2.45, 2.75) is 6.92 Å². The second-order valence-corrected chi connectivity index (χ2v) is 5.34. The molecule has 2 amide bonds. The van der Waals surface area contributed by atoms with Gasteiger partial charge in [-0.2, -0.15) is 0 Å². The largest absolute Gasteiger partial charge is 0.375 e. The maximum Gasteiger partial charge on any atom is 0.270 e. The van der Waals surface area contributed by atoms with Crippen molar-refractivity contribution in [1.29, 1.82) is 0 Å². The van der Waals surface area contributed by atoms with E-state index in [1.807, 2.05) is 19.1 Å². The summed E-state index contributed by atoms with van der Waals surface area (Å²) in [6.45, 7) is 2.63. The minimum atomic E-state index is -0.299. The lowest BCUT2D eigenvalue weighted by atomic mass is 10.1. The molecule has 2 rings (SSSR count). The molecule has 1 aromatic carbocycles. The van der Waals surface area contributed by atoms with Crippen LogP contribution in [0.1, 0.15) is 26.4 Å². The molecule has 21 heavy (non-hydrogen) atoms. The van der Waals surface area contributed by atoms with Crippen LogP contribution >= 0.6 is 11.3 Å². The molecule has 1 aromatic heterocycles. The number of nitrogens with two attached hydrogens (primary N) is 1. The van der Waals surface area contributed by atoms with E-state index in [9.17, 15) is 9.59 Å². The maximum absolute atomic E-state index is 11.8. The molecular formula is C14H16N4O2S. The van der Waals surface area contributed by atoms with Gasteiger partial charge in [0.2, 0.25) is 0 Å². The number of hydrogen-bond donors (Lipinski definition) is 3. The summed E-state index contributed by atoms with van der Waals surface area (Å²) in [6, 6.07) is 7.29. The van der Waals surface area contributed by atoms with Gasteiger partial charge in [-0.25, -0.2) is 4.98 Å². The van der Waals surface area contributed by atoms with Crippen LogP contribution in [0.25, 0.3) is 0 Å². The van der Waals surface area contributed by atoms with E-state index in [0.29, 0.717) is 29.5 Å². The summed E-state index contributed by atoms with van der Waals surface area (Å²) in [6.07, 6.45) is 0. The number of carbonyl (C=O) groups is 2. The summed E-state index contributed by atoms with van der Waals surface area (Å²) in [4.78, 5) is 27.4. The van der Waals surface area contributed by atoms with Crippen LogP contribution in [-0.4, -0.2) is 29.9 Å². The Morgan fingerprint density at radius 1 is 1.14 bits per heavy atom. The van der Waals surface area contributed by atoms with Crippen LogP contribution in [0.15, 0.2) is 29.6 Å². The molecule has 6 nitrogen and oxygen atoms in total. The molecule has 4 N–H and O–H groups in total. The van der Waals surface area contributed by atoms with Gasteiger partial charge in [0.15, 0.2) is 5.13 Å². The second kappa shape index (κ2) is 6.85. The molecule has 0 saturated heterocycles. The molecule has 110 valence electrons. The molecule has 0 aliphatic rings. The van der Waals surface area contributed by atoms with Gasteiger partial charge in [0.25, 0.3) is 11.8 Å². The number of hydrogen-bond acceptors (Lipinski definition) is 5. The minimum absolute atomic E-state index is 0.165. The Bertz CT molecular complexity index is 637. The Morgan fingerprint density at radius 3 is 2.33 bits per heavy atom. The minimum Gasteiger partial charge on any atom is -0.375 e. The summed E-state index contributed by atoms with van der Waals surface area (Å²) in [7, 11) is 0. The van der Waals surface area contributed by atoms with Crippen molar-refractivity contribution < 1.29 is 9.59 Å². The normalized spacial score (nSPS) is 10.1. The van der Waals surface area contributed by atoms with Crippen molar-refractivity contribution in [3.05, 3.63) is 46.5 Å². The quantitative estimate of drug-likeness (QED) is 0.723. The number of nitrogens with zero attached hydrogens (tertiary/aromatic N) is 1. The predicted octanol–water partition coefficient (Wildman–Crippen LogP) is 1.19. The highest BCUT2D eigenvalue weighted by Gasteiger charge is 2.09. The van der Waals surface area contributed by atoms with Crippen molar-refractivity contribution in [3.63, 3.8) is 0 Å². The van der Waals surface area contributed by atoms with Crippen LogP contribution in [0.4, 0.5) is 5.13 Å². The third kappa shape index (κ3) is 4.28. The van der Waals surface area contributed by atoms with Gasteiger partial charge in [0.05, 0.1) is 0 Å². The average Bonchev–Trinajstić information content (AvgIpc) is 2.90. The number of anilines is 1. The zero-order valence-corrected chi connectivity index (χ0v) is 12.4. The third-order valence-corrected chi connectivity index (χ3v) is 3.44. The van der Waals surface area contributed by atoms with Crippen LogP contribution in [0.3, 0.4) is 0 Å². The molecule has 0 saturated carbocycles. The maximum atomic E-state index is 11.8. The summed E-state index contributed by atoms with van der Waals surface area (Å²) in [5.41, 5.74) is 7.45. The Balaban J connectivity index is 1.73. The first-order valence-corrected chi connectivity index (χ1v) is 7.28. The van der Waals surface area contributed by atoms with Gasteiger partial charge in [0, 0.05) is 24.0 Å². The monoisotopic (exact) mass is 304 g/mol. The summed E-state index contributed by atoms with van der Waals surface area (Å²) < 4.78 is 0. The number of amides is 2. The number of nitrogen functional groups attached to an aromatic ring is 1. The van der Waals surface area contributed by atoms with Crippen LogP contribution in [0, 0.1) is 6.92 Å². The molecule has 7 heteroatoms. The molecule has 0 bridgehead atoms. The first-order valence-electron chi connectivity index (χ1n) is 6.40. The van der Waals surface area contributed by atoms with Crippen molar-refractivity contribution in [1.82, 2.24) is 15.6 Å². The number of aromatic nitrogens is 1. The lowest BCUT2D eigenvalue weighted by Crippen LogP contribution is -2.34. The van der Waals surface area contributed by atoms with Gasteiger partial charge in [-0.15, -0.1) is 11.3 Å². The van der Waals surface area contributed by atoms with E-state index >= 15 is 0 Å². The Labute approximate surface area is 126 Å². The van der Waals surface area contributed by atoms with E-state index in [-0.39, 0.29) is 11.8 Å². The van der Waals surface area contributed by atoms with E-state index in [1.54, 1.807) is 17.5 Å². The molecule has 0 fully saturated rings. The molecule has 0 aliphatic carbocycles. The lowest BCUT2D eigenvalue weighted by molar-refractivity contribution is 0.0925. The summed E-state index contributed by atoms with van der Waals surface area (Å²) in [5.74, 6) is -0.463. The Kier molecular flexibility index (Phi) is 4.89. The second-order valence-electron chi connectivity index (χ2n) is 4.45. The van der Waals surface area contributed by atoms with Gasteiger partial charge in [0.1, 0.15) is 5.69 Å². The number of thiazole rings is 1. The predicted molar refractivity (Wildman–Crippen MR) is 82.4 cm³/mol. The Morgan fingerprint density at radius 2 is 1.76 bits per heavy atom.